The largest absolute Gasteiger partial charge is 0.350 e. The Hall–Kier alpha value is -0.0500. The maximum Gasteiger partial charge on any atom is 0.226 e. The van der Waals surface area contributed by atoms with Crippen LogP contribution in [0.15, 0.2) is 0 Å². The molecule has 1 unspecified atom stereocenters. The van der Waals surface area contributed by atoms with Crippen molar-refractivity contribution in [1.29, 1.82) is 0 Å². The molecule has 2 nitrogen and oxygen atoms in total. The Kier molecular flexibility index (Phi) is 5.49. The number of carbonyl (C=O) groups excluding carboxylic acids is 1. The van der Waals surface area contributed by atoms with Crippen molar-refractivity contribution < 1.29 is 4.79 Å². The van der Waals surface area contributed by atoms with E-state index in [1.165, 1.54) is 12.8 Å². The maximum absolute atomic E-state index is 12.5. The number of halogens is 1. The van der Waals surface area contributed by atoms with Crippen LogP contribution in [0, 0.1) is 5.41 Å². The summed E-state index contributed by atoms with van der Waals surface area (Å²) in [7, 11) is 0. The van der Waals surface area contributed by atoms with Gasteiger partial charge in [-0.05, 0) is 39.0 Å². The van der Waals surface area contributed by atoms with Gasteiger partial charge in [0.15, 0.2) is 0 Å². The van der Waals surface area contributed by atoms with Crippen molar-refractivity contribution in [2.75, 3.05) is 5.33 Å². The monoisotopic (exact) mass is 303 g/mol. The molecule has 0 spiro atoms. The predicted octanol–water partition coefficient (Wildman–Crippen LogP) is 4.03. The lowest BCUT2D eigenvalue weighted by molar-refractivity contribution is -0.133. The lowest BCUT2D eigenvalue weighted by Crippen LogP contribution is -2.51. The van der Waals surface area contributed by atoms with Gasteiger partial charge in [-0.1, -0.05) is 42.6 Å². The normalized spacial score (nSPS) is 22.1. The van der Waals surface area contributed by atoms with Crippen LogP contribution in [0.4, 0.5) is 0 Å². The Labute approximate surface area is 114 Å². The zero-order valence-corrected chi connectivity index (χ0v) is 13.0. The van der Waals surface area contributed by atoms with E-state index < -0.39 is 0 Å². The first-order chi connectivity index (χ1) is 8.02. The summed E-state index contributed by atoms with van der Waals surface area (Å²) in [6.07, 6.45) is 7.53. The van der Waals surface area contributed by atoms with Crippen molar-refractivity contribution in [3.05, 3.63) is 0 Å². The first-order valence-corrected chi connectivity index (χ1v) is 8.02. The summed E-state index contributed by atoms with van der Waals surface area (Å²) in [6.45, 7) is 6.46. The van der Waals surface area contributed by atoms with Crippen LogP contribution in [0.3, 0.4) is 0 Å². The van der Waals surface area contributed by atoms with Crippen molar-refractivity contribution in [2.45, 2.75) is 71.3 Å². The molecule has 0 aromatic heterocycles. The van der Waals surface area contributed by atoms with Crippen molar-refractivity contribution >= 4 is 21.8 Å². The molecule has 1 amide bonds. The van der Waals surface area contributed by atoms with Gasteiger partial charge in [0.05, 0.1) is 0 Å². The number of carbonyl (C=O) groups is 1. The van der Waals surface area contributed by atoms with Crippen LogP contribution in [-0.2, 0) is 4.79 Å². The van der Waals surface area contributed by atoms with Gasteiger partial charge in [-0.25, -0.2) is 0 Å². The smallest absolute Gasteiger partial charge is 0.226 e. The fourth-order valence-electron chi connectivity index (χ4n) is 2.74. The molecule has 0 bridgehead atoms. The molecule has 1 N–H and O–H groups in total. The minimum absolute atomic E-state index is 0.0503. The van der Waals surface area contributed by atoms with E-state index in [0.29, 0.717) is 5.91 Å². The Bertz CT molecular complexity index is 261. The Morgan fingerprint density at radius 2 is 1.94 bits per heavy atom. The maximum atomic E-state index is 12.5. The van der Waals surface area contributed by atoms with Gasteiger partial charge in [0.1, 0.15) is 0 Å². The van der Waals surface area contributed by atoms with Crippen LogP contribution in [0.5, 0.6) is 0 Å². The molecule has 1 aliphatic carbocycles. The standard InChI is InChI=1S/C14H26BrNO/c1-4-13(3,10-11-15)16-12(17)14(5-2)8-6-7-9-14/h4-11H2,1-3H3,(H,16,17). The van der Waals surface area contributed by atoms with Gasteiger partial charge in [-0.3, -0.25) is 4.79 Å². The third kappa shape index (κ3) is 3.46. The SMILES string of the molecule is CCC(C)(CCBr)NC(=O)C1(CC)CCCC1. The summed E-state index contributed by atoms with van der Waals surface area (Å²) in [4.78, 5) is 12.5. The summed E-state index contributed by atoms with van der Waals surface area (Å²) >= 11 is 3.48. The lowest BCUT2D eigenvalue weighted by Gasteiger charge is -2.35. The number of rotatable bonds is 6. The van der Waals surface area contributed by atoms with Gasteiger partial charge in [0.25, 0.3) is 0 Å². The molecule has 1 rings (SSSR count). The second kappa shape index (κ2) is 6.21. The first-order valence-electron chi connectivity index (χ1n) is 6.90. The van der Waals surface area contributed by atoms with Gasteiger partial charge in [-0.15, -0.1) is 0 Å². The zero-order valence-electron chi connectivity index (χ0n) is 11.4. The third-order valence-electron chi connectivity index (χ3n) is 4.56. The van der Waals surface area contributed by atoms with E-state index in [9.17, 15) is 4.79 Å². The minimum Gasteiger partial charge on any atom is -0.350 e. The topological polar surface area (TPSA) is 29.1 Å². The molecule has 0 aromatic rings. The summed E-state index contributed by atoms with van der Waals surface area (Å²) < 4.78 is 0. The van der Waals surface area contributed by atoms with Gasteiger partial charge in [0, 0.05) is 16.3 Å². The van der Waals surface area contributed by atoms with Gasteiger partial charge >= 0.3 is 0 Å². The molecule has 1 saturated carbocycles. The number of hydrogen-bond donors (Lipinski definition) is 1. The second-order valence-corrected chi connectivity index (χ2v) is 6.44. The van der Waals surface area contributed by atoms with E-state index in [0.717, 1.165) is 37.4 Å². The Balaban J connectivity index is 2.69. The molecule has 3 heteroatoms. The molecule has 17 heavy (non-hydrogen) atoms. The van der Waals surface area contributed by atoms with Gasteiger partial charge in [0.2, 0.25) is 5.91 Å². The summed E-state index contributed by atoms with van der Waals surface area (Å²) in [5, 5.41) is 4.25. The molecular weight excluding hydrogens is 278 g/mol. The van der Waals surface area contributed by atoms with Crippen molar-refractivity contribution in [3.63, 3.8) is 0 Å². The quantitative estimate of drug-likeness (QED) is 0.738. The van der Waals surface area contributed by atoms with Crippen molar-refractivity contribution in [3.8, 4) is 0 Å². The Morgan fingerprint density at radius 1 is 1.35 bits per heavy atom. The van der Waals surface area contributed by atoms with E-state index in [-0.39, 0.29) is 11.0 Å². The molecule has 100 valence electrons. The summed E-state index contributed by atoms with van der Waals surface area (Å²) in [5.74, 6) is 0.294. The number of amides is 1. The average molecular weight is 304 g/mol. The molecule has 0 aliphatic heterocycles. The van der Waals surface area contributed by atoms with Crippen LogP contribution < -0.4 is 5.32 Å². The molecule has 0 radical (unpaired) electrons. The van der Waals surface area contributed by atoms with Crippen molar-refractivity contribution in [2.24, 2.45) is 5.41 Å². The second-order valence-electron chi connectivity index (χ2n) is 5.65. The average Bonchev–Trinajstić information content (AvgIpc) is 2.79. The summed E-state index contributed by atoms with van der Waals surface area (Å²) in [5.41, 5.74) is -0.117. The van der Waals surface area contributed by atoms with Crippen molar-refractivity contribution in [1.82, 2.24) is 5.32 Å². The predicted molar refractivity (Wildman–Crippen MR) is 76.4 cm³/mol. The first kappa shape index (κ1) is 15.0. The van der Waals surface area contributed by atoms with E-state index in [1.807, 2.05) is 0 Å². The molecule has 0 aromatic carbocycles. The highest BCUT2D eigenvalue weighted by Crippen LogP contribution is 2.41. The fourth-order valence-corrected chi connectivity index (χ4v) is 3.61. The molecule has 0 saturated heterocycles. The van der Waals surface area contributed by atoms with E-state index in [1.54, 1.807) is 0 Å². The zero-order chi connectivity index (χ0) is 12.9. The summed E-state index contributed by atoms with van der Waals surface area (Å²) in [6, 6.07) is 0. The molecular formula is C14H26BrNO. The molecule has 1 atom stereocenters. The van der Waals surface area contributed by atoms with Crippen LogP contribution in [0.25, 0.3) is 0 Å². The minimum atomic E-state index is -0.0667. The number of hydrogen-bond acceptors (Lipinski definition) is 1. The van der Waals surface area contributed by atoms with Crippen LogP contribution in [0.2, 0.25) is 0 Å². The number of alkyl halides is 1. The van der Waals surface area contributed by atoms with Crippen LogP contribution >= 0.6 is 15.9 Å². The molecule has 1 fully saturated rings. The Morgan fingerprint density at radius 3 is 2.35 bits per heavy atom. The number of nitrogens with one attached hydrogen (secondary N) is 1. The lowest BCUT2D eigenvalue weighted by atomic mass is 9.81. The van der Waals surface area contributed by atoms with E-state index in [4.69, 9.17) is 0 Å². The molecule has 0 heterocycles. The highest BCUT2D eigenvalue weighted by atomic mass is 79.9. The third-order valence-corrected chi connectivity index (χ3v) is 4.96. The van der Waals surface area contributed by atoms with E-state index >= 15 is 0 Å². The van der Waals surface area contributed by atoms with Gasteiger partial charge < -0.3 is 5.32 Å². The highest BCUT2D eigenvalue weighted by molar-refractivity contribution is 9.09. The van der Waals surface area contributed by atoms with E-state index in [2.05, 4.69) is 42.0 Å². The molecule has 1 aliphatic rings. The van der Waals surface area contributed by atoms with Crippen LogP contribution in [0.1, 0.15) is 65.7 Å². The highest BCUT2D eigenvalue weighted by Gasteiger charge is 2.41. The van der Waals surface area contributed by atoms with Gasteiger partial charge in [-0.2, -0.15) is 0 Å². The fraction of sp³-hybridized carbons (Fsp3) is 0.929. The van der Waals surface area contributed by atoms with Crippen LogP contribution in [-0.4, -0.2) is 16.8 Å².